The van der Waals surface area contributed by atoms with Crippen LogP contribution in [0, 0.1) is 0 Å². The Kier molecular flexibility index (Phi) is 14.2. The molecule has 0 radical (unpaired) electrons. The molecule has 0 aromatic heterocycles. The average Bonchev–Trinajstić information content (AvgIpc) is 2.92. The fourth-order valence-corrected chi connectivity index (χ4v) is 8.00. The molecule has 10 nitrogen and oxygen atoms in total. The monoisotopic (exact) mass is 646 g/mol. The minimum absolute atomic E-state index is 0.116. The van der Waals surface area contributed by atoms with Crippen molar-refractivity contribution in [2.75, 3.05) is 26.3 Å². The van der Waals surface area contributed by atoms with Crippen LogP contribution in [0.4, 0.5) is 0 Å². The summed E-state index contributed by atoms with van der Waals surface area (Å²) in [4.78, 5) is 56.7. The molecule has 0 aromatic rings. The Hall–Kier alpha value is -3.04. The van der Waals surface area contributed by atoms with Crippen LogP contribution in [0.2, 0.25) is 0 Å². The maximum Gasteiger partial charge on any atom is 0.332 e. The third kappa shape index (κ3) is 10.8. The highest BCUT2D eigenvalue weighted by Crippen LogP contribution is 2.41. The number of piperidine rings is 2. The number of rotatable bonds is 17. The van der Waals surface area contributed by atoms with Gasteiger partial charge in [0.15, 0.2) is 0 Å². The molecule has 0 atom stereocenters. The van der Waals surface area contributed by atoms with Crippen molar-refractivity contribution in [3.05, 3.63) is 24.6 Å². The van der Waals surface area contributed by atoms with Crippen LogP contribution >= 0.6 is 0 Å². The molecule has 2 amide bonds. The zero-order valence-corrected chi connectivity index (χ0v) is 30.3. The molecule has 2 heterocycles. The topological polar surface area (TPSA) is 99.7 Å². The molecule has 46 heavy (non-hydrogen) atoms. The number of likely N-dealkylation sites (tertiary alicyclic amines) is 2. The van der Waals surface area contributed by atoms with Gasteiger partial charge in [-0.2, -0.15) is 0 Å². The van der Waals surface area contributed by atoms with E-state index < -0.39 is 0 Å². The van der Waals surface area contributed by atoms with Crippen LogP contribution < -0.4 is 0 Å². The molecule has 2 saturated heterocycles. The maximum atomic E-state index is 12.2. The van der Waals surface area contributed by atoms with E-state index in [0.29, 0.717) is 26.3 Å². The third-order valence-electron chi connectivity index (χ3n) is 9.63. The number of ether oxygens (including phenoxy) is 2. The van der Waals surface area contributed by atoms with Crippen LogP contribution in [0.25, 0.3) is 0 Å². The van der Waals surface area contributed by atoms with Crippen LogP contribution in [0.1, 0.15) is 121 Å². The summed E-state index contributed by atoms with van der Waals surface area (Å²) in [5.74, 6) is -0.694. The molecule has 2 rings (SSSR count). The smallest absolute Gasteiger partial charge is 0.332 e. The predicted molar refractivity (Wildman–Crippen MR) is 182 cm³/mol. The highest BCUT2D eigenvalue weighted by atomic mass is 16.5. The van der Waals surface area contributed by atoms with Crippen molar-refractivity contribution in [3.8, 4) is 0 Å². The molecule has 0 N–H and O–H groups in total. The minimum Gasteiger partial charge on any atom is -0.463 e. The van der Waals surface area contributed by atoms with Gasteiger partial charge in [0.05, 0.1) is 13.2 Å². The normalized spacial score (nSPS) is 20.9. The van der Waals surface area contributed by atoms with E-state index in [1.165, 1.54) is 12.2 Å². The molecule has 2 fully saturated rings. The molecule has 2 aliphatic heterocycles. The van der Waals surface area contributed by atoms with Gasteiger partial charge in [-0.3, -0.25) is 9.59 Å². The summed E-state index contributed by atoms with van der Waals surface area (Å²) >= 11 is 0. The number of esters is 2. The van der Waals surface area contributed by atoms with Gasteiger partial charge in [-0.1, -0.05) is 12.8 Å². The number of carbonyl (C=O) groups is 4. The Morgan fingerprint density at radius 2 is 0.913 bits per heavy atom. The molecule has 0 aromatic carbocycles. The van der Waals surface area contributed by atoms with Gasteiger partial charge in [0, 0.05) is 71.9 Å². The van der Waals surface area contributed by atoms with Crippen LogP contribution in [0.3, 0.4) is 0 Å². The first kappa shape index (κ1) is 39.1. The van der Waals surface area contributed by atoms with E-state index in [2.05, 4.69) is 65.2 Å². The zero-order chi connectivity index (χ0) is 34.8. The summed E-state index contributed by atoms with van der Waals surface area (Å²) in [7, 11) is 0. The SMILES string of the molecule is CCOC(=O)/C=C/N1C(C)(C)CC(N(C=O)CCCCCCN(C=O)C2CC(C)(C)N(/C=C/C(=O)OCC)C(C)(C)C2)CC1(C)C. The van der Waals surface area contributed by atoms with E-state index in [0.717, 1.165) is 64.2 Å². The Labute approximate surface area is 278 Å². The zero-order valence-electron chi connectivity index (χ0n) is 30.3. The third-order valence-corrected chi connectivity index (χ3v) is 9.63. The highest BCUT2D eigenvalue weighted by Gasteiger charge is 2.46. The van der Waals surface area contributed by atoms with Gasteiger partial charge in [0.1, 0.15) is 0 Å². The standard InChI is InChI=1S/C36H62N4O6/c1-11-45-31(43)17-21-39-33(3,4)23-29(24-34(39,5)6)37(27-41)19-15-13-14-16-20-38(28-42)30-25-35(7,8)40(36(9,10)26-30)22-18-32(44)46-12-2/h17-18,21-22,27-30H,11-16,19-20,23-26H2,1-10H3/b21-17+,22-18+. The number of amides is 2. The van der Waals surface area contributed by atoms with Crippen LogP contribution in [-0.2, 0) is 28.7 Å². The van der Waals surface area contributed by atoms with Gasteiger partial charge >= 0.3 is 11.9 Å². The second kappa shape index (κ2) is 16.7. The van der Waals surface area contributed by atoms with Gasteiger partial charge < -0.3 is 29.1 Å². The van der Waals surface area contributed by atoms with E-state index in [9.17, 15) is 19.2 Å². The van der Waals surface area contributed by atoms with Crippen LogP contribution in [0.5, 0.6) is 0 Å². The Bertz CT molecular complexity index is 962. The first-order valence-electron chi connectivity index (χ1n) is 17.1. The lowest BCUT2D eigenvalue weighted by atomic mass is 9.76. The van der Waals surface area contributed by atoms with Crippen LogP contribution in [0.15, 0.2) is 24.6 Å². The van der Waals surface area contributed by atoms with E-state index in [-0.39, 0.29) is 46.2 Å². The van der Waals surface area contributed by atoms with Gasteiger partial charge in [-0.05, 0) is 108 Å². The van der Waals surface area contributed by atoms with Gasteiger partial charge in [0.25, 0.3) is 0 Å². The summed E-state index contributed by atoms with van der Waals surface area (Å²) in [5.41, 5.74) is -0.978. The van der Waals surface area contributed by atoms with Crippen molar-refractivity contribution in [2.45, 2.75) is 155 Å². The molecule has 2 aliphatic rings. The first-order chi connectivity index (χ1) is 21.4. The Balaban J connectivity index is 1.88. The summed E-state index contributed by atoms with van der Waals surface area (Å²) < 4.78 is 10.1. The molecule has 0 saturated carbocycles. The lowest BCUT2D eigenvalue weighted by Crippen LogP contribution is -2.62. The molecular formula is C36H62N4O6. The van der Waals surface area contributed by atoms with Gasteiger partial charge in [-0.15, -0.1) is 0 Å². The van der Waals surface area contributed by atoms with Crippen molar-refractivity contribution >= 4 is 24.8 Å². The quantitative estimate of drug-likeness (QED) is 0.0864. The molecule has 0 aliphatic carbocycles. The van der Waals surface area contributed by atoms with Crippen molar-refractivity contribution in [1.29, 1.82) is 0 Å². The van der Waals surface area contributed by atoms with Gasteiger partial charge in [-0.25, -0.2) is 9.59 Å². The Morgan fingerprint density at radius 1 is 0.609 bits per heavy atom. The van der Waals surface area contributed by atoms with E-state index in [1.807, 2.05) is 22.2 Å². The largest absolute Gasteiger partial charge is 0.463 e. The number of nitrogens with zero attached hydrogens (tertiary/aromatic N) is 4. The van der Waals surface area contributed by atoms with Crippen molar-refractivity contribution in [1.82, 2.24) is 19.6 Å². The summed E-state index contributed by atoms with van der Waals surface area (Å²) in [6.07, 6.45) is 15.7. The molecule has 10 heteroatoms. The number of carbonyl (C=O) groups excluding carboxylic acids is 4. The fourth-order valence-electron chi connectivity index (χ4n) is 8.00. The van der Waals surface area contributed by atoms with E-state index in [1.54, 1.807) is 13.8 Å². The number of hydrogen-bond donors (Lipinski definition) is 0. The molecule has 0 spiro atoms. The Morgan fingerprint density at radius 3 is 1.17 bits per heavy atom. The van der Waals surface area contributed by atoms with Crippen LogP contribution in [-0.4, -0.2) is 105 Å². The summed E-state index contributed by atoms with van der Waals surface area (Å²) in [6, 6.07) is 0.231. The van der Waals surface area contributed by atoms with Gasteiger partial charge in [0.2, 0.25) is 12.8 Å². The fraction of sp³-hybridized carbons (Fsp3) is 0.778. The van der Waals surface area contributed by atoms with Crippen molar-refractivity contribution in [2.24, 2.45) is 0 Å². The summed E-state index contributed by atoms with van der Waals surface area (Å²) in [6.45, 7) is 22.9. The molecule has 262 valence electrons. The number of hydrogen-bond acceptors (Lipinski definition) is 8. The lowest BCUT2D eigenvalue weighted by Gasteiger charge is -2.56. The lowest BCUT2D eigenvalue weighted by molar-refractivity contribution is -0.138. The molecule has 0 unspecified atom stereocenters. The predicted octanol–water partition coefficient (Wildman–Crippen LogP) is 5.66. The second-order valence-corrected chi connectivity index (χ2v) is 15.4. The minimum atomic E-state index is -0.347. The first-order valence-corrected chi connectivity index (χ1v) is 17.1. The molecule has 0 bridgehead atoms. The highest BCUT2D eigenvalue weighted by molar-refractivity contribution is 5.82. The maximum absolute atomic E-state index is 12.2. The van der Waals surface area contributed by atoms with E-state index >= 15 is 0 Å². The average molecular weight is 647 g/mol. The number of unbranched alkanes of at least 4 members (excludes halogenated alkanes) is 3. The van der Waals surface area contributed by atoms with Crippen molar-refractivity contribution < 1.29 is 28.7 Å². The summed E-state index contributed by atoms with van der Waals surface area (Å²) in [5, 5.41) is 0. The van der Waals surface area contributed by atoms with Crippen molar-refractivity contribution in [3.63, 3.8) is 0 Å². The van der Waals surface area contributed by atoms with E-state index in [4.69, 9.17) is 9.47 Å². The molecular weight excluding hydrogens is 584 g/mol. The second-order valence-electron chi connectivity index (χ2n) is 15.4.